The third kappa shape index (κ3) is 4.76. The number of carbonyl (C=O) groups excluding carboxylic acids is 2. The van der Waals surface area contributed by atoms with Crippen LogP contribution in [0.5, 0.6) is 0 Å². The first-order valence-electron chi connectivity index (χ1n) is 7.99. The first-order valence-corrected chi connectivity index (χ1v) is 7.99. The molecule has 0 saturated heterocycles. The van der Waals surface area contributed by atoms with Gasteiger partial charge < -0.3 is 10.6 Å². The highest BCUT2D eigenvalue weighted by Crippen LogP contribution is 2.15. The number of rotatable bonds is 4. The highest BCUT2D eigenvalue weighted by molar-refractivity contribution is 6.39. The molecule has 2 aromatic rings. The monoisotopic (exact) mass is 342 g/mol. The predicted octanol–water partition coefficient (Wildman–Crippen LogP) is 1.23. The number of aromatic nitrogens is 2. The molecular weight excluding hydrogens is 320 g/mol. The van der Waals surface area contributed by atoms with Gasteiger partial charge in [-0.05, 0) is 45.4 Å². The highest BCUT2D eigenvalue weighted by atomic mass is 16.2. The average molecular weight is 342 g/mol. The Hall–Kier alpha value is -2.96. The van der Waals surface area contributed by atoms with E-state index in [0.717, 1.165) is 16.8 Å². The van der Waals surface area contributed by atoms with E-state index in [2.05, 4.69) is 15.6 Å². The summed E-state index contributed by atoms with van der Waals surface area (Å²) in [5, 5.41) is 5.10. The van der Waals surface area contributed by atoms with E-state index in [1.165, 1.54) is 4.57 Å². The zero-order chi connectivity index (χ0) is 18.6. The normalized spacial score (nSPS) is 10.4. The summed E-state index contributed by atoms with van der Waals surface area (Å²) in [6.45, 7) is 7.77. The van der Waals surface area contributed by atoms with Gasteiger partial charge in [0, 0.05) is 30.2 Å². The van der Waals surface area contributed by atoms with Crippen LogP contribution in [0, 0.1) is 27.7 Å². The molecule has 1 heterocycles. The third-order valence-corrected chi connectivity index (χ3v) is 3.80. The lowest BCUT2D eigenvalue weighted by molar-refractivity contribution is -0.136. The Labute approximate surface area is 146 Å². The van der Waals surface area contributed by atoms with Gasteiger partial charge in [0.1, 0.15) is 0 Å². The van der Waals surface area contributed by atoms with Crippen molar-refractivity contribution in [1.82, 2.24) is 14.9 Å². The van der Waals surface area contributed by atoms with E-state index in [1.807, 2.05) is 26.0 Å². The van der Waals surface area contributed by atoms with Gasteiger partial charge >= 0.3 is 17.5 Å². The van der Waals surface area contributed by atoms with Crippen LogP contribution in [0.4, 0.5) is 5.69 Å². The summed E-state index contributed by atoms with van der Waals surface area (Å²) in [6.07, 6.45) is 0. The number of nitrogens with one attached hydrogen (secondary N) is 2. The molecule has 1 aromatic carbocycles. The minimum absolute atomic E-state index is 0.157. The number of anilines is 1. The number of nitrogens with zero attached hydrogens (tertiary/aromatic N) is 2. The van der Waals surface area contributed by atoms with Gasteiger partial charge in [-0.3, -0.25) is 14.2 Å². The second kappa shape index (κ2) is 7.74. The van der Waals surface area contributed by atoms with E-state index >= 15 is 0 Å². The lowest BCUT2D eigenvalue weighted by Crippen LogP contribution is -2.38. The molecule has 0 aliphatic rings. The van der Waals surface area contributed by atoms with E-state index < -0.39 is 11.8 Å². The van der Waals surface area contributed by atoms with Crippen LogP contribution >= 0.6 is 0 Å². The number of aryl methyl sites for hydroxylation is 4. The third-order valence-electron chi connectivity index (χ3n) is 3.80. The van der Waals surface area contributed by atoms with Crippen molar-refractivity contribution >= 4 is 17.5 Å². The lowest BCUT2D eigenvalue weighted by atomic mass is 10.1. The van der Waals surface area contributed by atoms with Gasteiger partial charge in [-0.15, -0.1) is 0 Å². The maximum Gasteiger partial charge on any atom is 0.348 e. The number of hydrogen-bond acceptors (Lipinski definition) is 4. The molecule has 1 aromatic heterocycles. The van der Waals surface area contributed by atoms with Gasteiger partial charge in [0.25, 0.3) is 0 Å². The molecular formula is C18H22N4O3. The summed E-state index contributed by atoms with van der Waals surface area (Å²) in [5.41, 5.74) is 3.59. The lowest BCUT2D eigenvalue weighted by Gasteiger charge is -2.11. The quantitative estimate of drug-likeness (QED) is 0.818. The number of carbonyl (C=O) groups is 2. The summed E-state index contributed by atoms with van der Waals surface area (Å²) in [7, 11) is 0. The van der Waals surface area contributed by atoms with Crippen molar-refractivity contribution in [3.63, 3.8) is 0 Å². The van der Waals surface area contributed by atoms with Crippen molar-refractivity contribution in [2.75, 3.05) is 11.9 Å². The number of amides is 2. The van der Waals surface area contributed by atoms with Crippen LogP contribution < -0.4 is 16.3 Å². The Morgan fingerprint density at radius 3 is 2.44 bits per heavy atom. The van der Waals surface area contributed by atoms with Crippen molar-refractivity contribution in [1.29, 1.82) is 0 Å². The molecule has 7 nitrogen and oxygen atoms in total. The summed E-state index contributed by atoms with van der Waals surface area (Å²) in [4.78, 5) is 39.6. The Morgan fingerprint density at radius 1 is 1.08 bits per heavy atom. The maximum atomic E-state index is 12.0. The fourth-order valence-corrected chi connectivity index (χ4v) is 2.54. The highest BCUT2D eigenvalue weighted by Gasteiger charge is 2.14. The molecule has 0 radical (unpaired) electrons. The molecule has 0 aliphatic heterocycles. The predicted molar refractivity (Wildman–Crippen MR) is 95.5 cm³/mol. The van der Waals surface area contributed by atoms with Crippen molar-refractivity contribution < 1.29 is 9.59 Å². The van der Waals surface area contributed by atoms with E-state index in [4.69, 9.17) is 0 Å². The van der Waals surface area contributed by atoms with E-state index in [1.54, 1.807) is 26.0 Å². The van der Waals surface area contributed by atoms with E-state index in [9.17, 15) is 14.4 Å². The van der Waals surface area contributed by atoms with Gasteiger partial charge in [-0.25, -0.2) is 4.79 Å². The zero-order valence-electron chi connectivity index (χ0n) is 14.8. The van der Waals surface area contributed by atoms with Crippen LogP contribution in [0.1, 0.15) is 22.5 Å². The first kappa shape index (κ1) is 18.4. The maximum absolute atomic E-state index is 12.0. The van der Waals surface area contributed by atoms with Crippen LogP contribution in [0.2, 0.25) is 0 Å². The minimum atomic E-state index is -0.745. The van der Waals surface area contributed by atoms with E-state index in [0.29, 0.717) is 11.4 Å². The molecule has 0 spiro atoms. The number of benzene rings is 1. The topological polar surface area (TPSA) is 93.1 Å². The second-order valence-corrected chi connectivity index (χ2v) is 6.00. The Kier molecular flexibility index (Phi) is 5.69. The average Bonchev–Trinajstić information content (AvgIpc) is 2.52. The van der Waals surface area contributed by atoms with Crippen molar-refractivity contribution in [2.45, 2.75) is 34.2 Å². The largest absolute Gasteiger partial charge is 0.348 e. The Bertz CT molecular complexity index is 871. The molecule has 0 fully saturated rings. The number of hydrogen-bond donors (Lipinski definition) is 2. The van der Waals surface area contributed by atoms with Gasteiger partial charge in [0.05, 0.1) is 0 Å². The molecule has 0 saturated carbocycles. The Morgan fingerprint density at radius 2 is 1.80 bits per heavy atom. The minimum Gasteiger partial charge on any atom is -0.346 e. The molecule has 2 rings (SSSR count). The first-order chi connectivity index (χ1) is 11.8. The molecule has 2 N–H and O–H groups in total. The summed E-state index contributed by atoms with van der Waals surface area (Å²) in [6, 6.07) is 7.33. The van der Waals surface area contributed by atoms with Crippen LogP contribution in [-0.2, 0) is 16.1 Å². The summed E-state index contributed by atoms with van der Waals surface area (Å²) in [5.74, 6) is -1.48. The van der Waals surface area contributed by atoms with Gasteiger partial charge in [0.2, 0.25) is 0 Å². The van der Waals surface area contributed by atoms with Crippen LogP contribution in [-0.4, -0.2) is 27.9 Å². The van der Waals surface area contributed by atoms with Gasteiger partial charge in [-0.2, -0.15) is 4.98 Å². The fourth-order valence-electron chi connectivity index (χ4n) is 2.54. The molecule has 132 valence electrons. The standard InChI is InChI=1S/C18H22N4O3/c1-11-5-6-15(12(2)9-11)21-17(24)16(23)19-7-8-22-14(4)10-13(3)20-18(22)25/h5-6,9-10H,7-8H2,1-4H3,(H,19,23)(H,21,24). The summed E-state index contributed by atoms with van der Waals surface area (Å²) >= 11 is 0. The molecule has 0 bridgehead atoms. The smallest absolute Gasteiger partial charge is 0.346 e. The van der Waals surface area contributed by atoms with Crippen molar-refractivity contribution in [3.05, 3.63) is 57.3 Å². The van der Waals surface area contributed by atoms with E-state index in [-0.39, 0.29) is 18.8 Å². The molecule has 0 atom stereocenters. The second-order valence-electron chi connectivity index (χ2n) is 6.00. The van der Waals surface area contributed by atoms with Crippen LogP contribution in [0.3, 0.4) is 0 Å². The Balaban J connectivity index is 1.92. The molecule has 2 amide bonds. The molecule has 0 aliphatic carbocycles. The van der Waals surface area contributed by atoms with Gasteiger partial charge in [0.15, 0.2) is 0 Å². The van der Waals surface area contributed by atoms with Gasteiger partial charge in [-0.1, -0.05) is 17.7 Å². The molecule has 7 heteroatoms. The SMILES string of the molecule is Cc1ccc(NC(=O)C(=O)NCCn2c(C)cc(C)nc2=O)c(C)c1. The fraction of sp³-hybridized carbons (Fsp3) is 0.333. The summed E-state index contributed by atoms with van der Waals surface area (Å²) < 4.78 is 1.45. The van der Waals surface area contributed by atoms with Crippen LogP contribution in [0.15, 0.2) is 29.1 Å². The molecule has 25 heavy (non-hydrogen) atoms. The van der Waals surface area contributed by atoms with Crippen molar-refractivity contribution in [2.24, 2.45) is 0 Å². The van der Waals surface area contributed by atoms with Crippen molar-refractivity contribution in [3.8, 4) is 0 Å². The zero-order valence-corrected chi connectivity index (χ0v) is 14.8. The molecule has 0 unspecified atom stereocenters. The van der Waals surface area contributed by atoms with Crippen LogP contribution in [0.25, 0.3) is 0 Å².